The lowest BCUT2D eigenvalue weighted by Gasteiger charge is -2.14. The Balaban J connectivity index is 1.92. The van der Waals surface area contributed by atoms with Crippen molar-refractivity contribution >= 4 is 28.3 Å². The molecule has 1 aromatic heterocycles. The third-order valence-electron chi connectivity index (χ3n) is 3.01. The number of esters is 1. The van der Waals surface area contributed by atoms with Gasteiger partial charge in [-0.1, -0.05) is 12.1 Å². The van der Waals surface area contributed by atoms with E-state index >= 15 is 0 Å². The summed E-state index contributed by atoms with van der Waals surface area (Å²) in [6.07, 6.45) is -0.581. The van der Waals surface area contributed by atoms with Crippen LogP contribution in [-0.2, 0) is 20.7 Å². The number of benzene rings is 1. The lowest BCUT2D eigenvalue weighted by Crippen LogP contribution is -2.30. The van der Waals surface area contributed by atoms with Crippen molar-refractivity contribution in [2.75, 3.05) is 12.4 Å². The average molecular weight is 334 g/mol. The van der Waals surface area contributed by atoms with Gasteiger partial charge in [-0.05, 0) is 31.5 Å². The Hall–Kier alpha value is -2.41. The van der Waals surface area contributed by atoms with Gasteiger partial charge in [0.15, 0.2) is 11.2 Å². The molecule has 1 heterocycles. The summed E-state index contributed by atoms with van der Waals surface area (Å²) in [5, 5.41) is 4.81. The highest BCUT2D eigenvalue weighted by atomic mass is 32.1. The maximum atomic E-state index is 12.1. The van der Waals surface area contributed by atoms with E-state index in [0.717, 1.165) is 5.56 Å². The number of nitrogens with one attached hydrogen (secondary N) is 1. The van der Waals surface area contributed by atoms with Crippen LogP contribution < -0.4 is 10.1 Å². The number of amides is 1. The van der Waals surface area contributed by atoms with Crippen molar-refractivity contribution in [2.45, 2.75) is 26.4 Å². The molecule has 0 aliphatic rings. The molecule has 2 rings (SSSR count). The van der Waals surface area contributed by atoms with Crippen molar-refractivity contribution in [2.24, 2.45) is 0 Å². The predicted molar refractivity (Wildman–Crippen MR) is 87.7 cm³/mol. The largest absolute Gasteiger partial charge is 0.481 e. The fourth-order valence-electron chi connectivity index (χ4n) is 1.82. The molecule has 0 radical (unpaired) electrons. The zero-order chi connectivity index (χ0) is 16.8. The molecule has 1 aromatic carbocycles. The van der Waals surface area contributed by atoms with Crippen molar-refractivity contribution < 1.29 is 19.1 Å². The van der Waals surface area contributed by atoms with Crippen LogP contribution in [0.1, 0.15) is 18.2 Å². The molecule has 1 atom stereocenters. The van der Waals surface area contributed by atoms with Gasteiger partial charge in [-0.15, -0.1) is 11.3 Å². The number of nitrogens with zero attached hydrogens (tertiary/aromatic N) is 1. The minimum Gasteiger partial charge on any atom is -0.481 e. The summed E-state index contributed by atoms with van der Waals surface area (Å²) in [6.45, 7) is 3.62. The van der Waals surface area contributed by atoms with Gasteiger partial charge in [-0.2, -0.15) is 0 Å². The Morgan fingerprint density at radius 2 is 2.17 bits per heavy atom. The van der Waals surface area contributed by atoms with Gasteiger partial charge in [0.25, 0.3) is 5.91 Å². The number of ether oxygens (including phenoxy) is 2. The van der Waals surface area contributed by atoms with Crippen molar-refractivity contribution in [3.8, 4) is 5.75 Å². The lowest BCUT2D eigenvalue weighted by molar-refractivity contribution is -0.139. The monoisotopic (exact) mass is 334 g/mol. The summed E-state index contributed by atoms with van der Waals surface area (Å²) in [4.78, 5) is 27.5. The number of aromatic nitrogens is 1. The predicted octanol–water partition coefficient (Wildman–Crippen LogP) is 2.57. The topological polar surface area (TPSA) is 77.5 Å². The maximum Gasteiger partial charge on any atom is 0.311 e. The zero-order valence-electron chi connectivity index (χ0n) is 13.2. The Morgan fingerprint density at radius 1 is 1.39 bits per heavy atom. The number of hydrogen-bond donors (Lipinski definition) is 1. The second-order valence-corrected chi connectivity index (χ2v) is 5.82. The second kappa shape index (κ2) is 7.73. The number of carbonyl (C=O) groups is 2. The Labute approximate surface area is 138 Å². The van der Waals surface area contributed by atoms with Gasteiger partial charge >= 0.3 is 5.97 Å². The van der Waals surface area contributed by atoms with Crippen LogP contribution in [-0.4, -0.2) is 30.1 Å². The summed E-state index contributed by atoms with van der Waals surface area (Å²) < 4.78 is 10.2. The normalized spacial score (nSPS) is 11.6. The smallest absolute Gasteiger partial charge is 0.311 e. The van der Waals surface area contributed by atoms with Gasteiger partial charge in [0.05, 0.1) is 19.2 Å². The quantitative estimate of drug-likeness (QED) is 0.822. The summed E-state index contributed by atoms with van der Waals surface area (Å²) in [7, 11) is 1.32. The van der Waals surface area contributed by atoms with Crippen molar-refractivity contribution in [3.05, 3.63) is 40.9 Å². The van der Waals surface area contributed by atoms with Crippen LogP contribution in [0.3, 0.4) is 0 Å². The number of carbonyl (C=O) groups excluding carboxylic acids is 2. The minimum absolute atomic E-state index is 0.0816. The molecule has 23 heavy (non-hydrogen) atoms. The summed E-state index contributed by atoms with van der Waals surface area (Å²) >= 11 is 1.25. The first-order chi connectivity index (χ1) is 11.0. The molecule has 2 aromatic rings. The van der Waals surface area contributed by atoms with Crippen LogP contribution in [0.4, 0.5) is 5.13 Å². The summed E-state index contributed by atoms with van der Waals surface area (Å²) in [5.74, 6) is -0.0343. The molecule has 1 unspecified atom stereocenters. The summed E-state index contributed by atoms with van der Waals surface area (Å²) in [6, 6.07) is 7.49. The SMILES string of the molecule is COC(=O)Cc1csc(NC(=O)C(C)Oc2cccc(C)c2)n1. The van der Waals surface area contributed by atoms with E-state index in [9.17, 15) is 9.59 Å². The number of rotatable bonds is 6. The highest BCUT2D eigenvalue weighted by Gasteiger charge is 2.17. The van der Waals surface area contributed by atoms with Gasteiger partial charge < -0.3 is 9.47 Å². The molecule has 6 nitrogen and oxygen atoms in total. The van der Waals surface area contributed by atoms with Gasteiger partial charge in [0.1, 0.15) is 5.75 Å². The van der Waals surface area contributed by atoms with Crippen LogP contribution in [0.15, 0.2) is 29.6 Å². The molecule has 0 saturated heterocycles. The van der Waals surface area contributed by atoms with Crippen LogP contribution in [0.5, 0.6) is 5.75 Å². The first-order valence-corrected chi connectivity index (χ1v) is 7.91. The molecule has 1 amide bonds. The number of methoxy groups -OCH3 is 1. The Bertz CT molecular complexity index is 699. The van der Waals surface area contributed by atoms with Crippen LogP contribution >= 0.6 is 11.3 Å². The van der Waals surface area contributed by atoms with E-state index in [2.05, 4.69) is 15.0 Å². The Morgan fingerprint density at radius 3 is 2.87 bits per heavy atom. The van der Waals surface area contributed by atoms with Crippen LogP contribution in [0, 0.1) is 6.92 Å². The molecule has 0 bridgehead atoms. The zero-order valence-corrected chi connectivity index (χ0v) is 14.0. The molecule has 0 spiro atoms. The number of thiazole rings is 1. The number of anilines is 1. The van der Waals surface area contributed by atoms with Gasteiger partial charge in [0, 0.05) is 5.38 Å². The highest BCUT2D eigenvalue weighted by molar-refractivity contribution is 7.13. The Kier molecular flexibility index (Phi) is 5.70. The molecule has 0 saturated carbocycles. The van der Waals surface area contributed by atoms with E-state index in [4.69, 9.17) is 4.74 Å². The van der Waals surface area contributed by atoms with Gasteiger partial charge in [-0.25, -0.2) is 4.98 Å². The number of hydrogen-bond acceptors (Lipinski definition) is 6. The molecule has 122 valence electrons. The fraction of sp³-hybridized carbons (Fsp3) is 0.312. The molecule has 1 N–H and O–H groups in total. The molecule has 0 fully saturated rings. The molecular formula is C16H18N2O4S. The fourth-order valence-corrected chi connectivity index (χ4v) is 2.53. The van der Waals surface area contributed by atoms with E-state index < -0.39 is 6.10 Å². The van der Waals surface area contributed by atoms with Gasteiger partial charge in [0.2, 0.25) is 0 Å². The van der Waals surface area contributed by atoms with Crippen molar-refractivity contribution in [1.29, 1.82) is 0 Å². The van der Waals surface area contributed by atoms with E-state index in [1.165, 1.54) is 18.4 Å². The van der Waals surface area contributed by atoms with E-state index in [-0.39, 0.29) is 18.3 Å². The van der Waals surface area contributed by atoms with E-state index in [0.29, 0.717) is 16.6 Å². The van der Waals surface area contributed by atoms with E-state index in [1.54, 1.807) is 18.4 Å². The third-order valence-corrected chi connectivity index (χ3v) is 3.81. The number of aryl methyl sites for hydroxylation is 1. The third kappa shape index (κ3) is 5.07. The standard InChI is InChI=1S/C16H18N2O4S/c1-10-5-4-6-13(7-10)22-11(2)15(20)18-16-17-12(9-23-16)8-14(19)21-3/h4-7,9,11H,8H2,1-3H3,(H,17,18,20). The first kappa shape index (κ1) is 17.0. The maximum absolute atomic E-state index is 12.1. The summed E-state index contributed by atoms with van der Waals surface area (Å²) in [5.41, 5.74) is 1.62. The highest BCUT2D eigenvalue weighted by Crippen LogP contribution is 2.18. The van der Waals surface area contributed by atoms with Crippen LogP contribution in [0.25, 0.3) is 0 Å². The lowest BCUT2D eigenvalue weighted by atomic mass is 10.2. The molecular weight excluding hydrogens is 316 g/mol. The van der Waals surface area contributed by atoms with Crippen molar-refractivity contribution in [3.63, 3.8) is 0 Å². The minimum atomic E-state index is -0.662. The van der Waals surface area contributed by atoms with Crippen molar-refractivity contribution in [1.82, 2.24) is 4.98 Å². The first-order valence-electron chi connectivity index (χ1n) is 7.03. The second-order valence-electron chi connectivity index (χ2n) is 4.96. The molecule has 0 aliphatic heterocycles. The van der Waals surface area contributed by atoms with Gasteiger partial charge in [-0.3, -0.25) is 14.9 Å². The average Bonchev–Trinajstić information content (AvgIpc) is 2.94. The molecule has 0 aliphatic carbocycles. The van der Waals surface area contributed by atoms with Crippen LogP contribution in [0.2, 0.25) is 0 Å². The molecule has 7 heteroatoms. The van der Waals surface area contributed by atoms with E-state index in [1.807, 2.05) is 25.1 Å².